The zero-order chi connectivity index (χ0) is 18.1. The van der Waals surface area contributed by atoms with E-state index < -0.39 is 5.54 Å². The monoisotopic (exact) mass is 373 g/mol. The molecule has 6 heteroatoms. The van der Waals surface area contributed by atoms with Crippen molar-refractivity contribution in [3.05, 3.63) is 58.6 Å². The number of benzene rings is 2. The number of hydrogen-bond donors (Lipinski definition) is 2. The number of para-hydroxylation sites is 1. The van der Waals surface area contributed by atoms with E-state index >= 15 is 0 Å². The van der Waals surface area contributed by atoms with Crippen LogP contribution in [0.1, 0.15) is 11.1 Å². The van der Waals surface area contributed by atoms with Crippen molar-refractivity contribution in [3.8, 4) is 11.5 Å². The molecule has 0 spiro atoms. The molecular formula is C20H20ClNO4. The first kappa shape index (κ1) is 17.2. The van der Waals surface area contributed by atoms with Crippen LogP contribution in [0.25, 0.3) is 0 Å². The van der Waals surface area contributed by atoms with E-state index in [0.717, 1.165) is 22.6 Å². The van der Waals surface area contributed by atoms with Gasteiger partial charge in [-0.2, -0.15) is 0 Å². The number of rotatable bonds is 3. The van der Waals surface area contributed by atoms with E-state index in [1.54, 1.807) is 6.07 Å². The van der Waals surface area contributed by atoms with Crippen LogP contribution in [0.5, 0.6) is 11.5 Å². The van der Waals surface area contributed by atoms with Crippen molar-refractivity contribution in [2.75, 3.05) is 19.8 Å². The fraction of sp³-hybridized carbons (Fsp3) is 0.350. The smallest absolute Gasteiger partial charge is 0.227 e. The minimum atomic E-state index is -0.819. The molecule has 26 heavy (non-hydrogen) atoms. The Morgan fingerprint density at radius 2 is 2.00 bits per heavy atom. The molecule has 0 aliphatic carbocycles. The molecule has 2 N–H and O–H groups in total. The molecule has 0 saturated carbocycles. The average molecular weight is 374 g/mol. The first-order valence-corrected chi connectivity index (χ1v) is 9.01. The van der Waals surface area contributed by atoms with Gasteiger partial charge < -0.3 is 19.9 Å². The summed E-state index contributed by atoms with van der Waals surface area (Å²) in [7, 11) is 0. The van der Waals surface area contributed by atoms with Crippen LogP contribution in [-0.2, 0) is 17.6 Å². The maximum absolute atomic E-state index is 12.8. The van der Waals surface area contributed by atoms with Crippen LogP contribution < -0.4 is 14.8 Å². The minimum Gasteiger partial charge on any atom is -0.492 e. The number of halogens is 1. The third kappa shape index (κ3) is 3.24. The average Bonchev–Trinajstić information content (AvgIpc) is 2.67. The van der Waals surface area contributed by atoms with Crippen LogP contribution in [0.3, 0.4) is 0 Å². The van der Waals surface area contributed by atoms with Crippen molar-refractivity contribution in [3.63, 3.8) is 0 Å². The quantitative estimate of drug-likeness (QED) is 0.866. The Labute approximate surface area is 156 Å². The molecule has 2 aliphatic rings. The summed E-state index contributed by atoms with van der Waals surface area (Å²) in [4.78, 5) is 12.8. The van der Waals surface area contributed by atoms with Crippen molar-refractivity contribution < 1.29 is 19.4 Å². The molecule has 2 atom stereocenters. The number of aliphatic hydroxyl groups is 1. The van der Waals surface area contributed by atoms with Gasteiger partial charge >= 0.3 is 0 Å². The summed E-state index contributed by atoms with van der Waals surface area (Å²) >= 11 is 6.05. The summed E-state index contributed by atoms with van der Waals surface area (Å²) in [6, 6.07) is 13.1. The van der Waals surface area contributed by atoms with Crippen molar-refractivity contribution in [1.29, 1.82) is 0 Å². The summed E-state index contributed by atoms with van der Waals surface area (Å²) < 4.78 is 11.5. The van der Waals surface area contributed by atoms with Crippen molar-refractivity contribution in [2.24, 2.45) is 5.92 Å². The summed E-state index contributed by atoms with van der Waals surface area (Å²) in [5.41, 5.74) is 1.08. The van der Waals surface area contributed by atoms with Crippen LogP contribution in [0.2, 0.25) is 5.02 Å². The summed E-state index contributed by atoms with van der Waals surface area (Å²) in [6.07, 6.45) is 1.09. The van der Waals surface area contributed by atoms with E-state index in [4.69, 9.17) is 21.1 Å². The zero-order valence-corrected chi connectivity index (χ0v) is 15.0. The predicted octanol–water partition coefficient (Wildman–Crippen LogP) is 2.37. The van der Waals surface area contributed by atoms with Gasteiger partial charge in [-0.3, -0.25) is 4.79 Å². The van der Waals surface area contributed by atoms with E-state index in [0.29, 0.717) is 24.5 Å². The number of hydrogen-bond acceptors (Lipinski definition) is 4. The Balaban J connectivity index is 1.49. The number of aliphatic hydroxyl groups excluding tert-OH is 1. The highest BCUT2D eigenvalue weighted by Gasteiger charge is 2.39. The van der Waals surface area contributed by atoms with Gasteiger partial charge in [-0.1, -0.05) is 29.8 Å². The van der Waals surface area contributed by atoms with E-state index in [9.17, 15) is 9.90 Å². The normalized spacial score (nSPS) is 23.8. The van der Waals surface area contributed by atoms with Crippen LogP contribution >= 0.6 is 11.6 Å². The SMILES string of the molecule is O=C(NC1(CO)COc2ccccc2C1)C1COc2ccc(Cl)cc2C1. The molecule has 2 aromatic carbocycles. The summed E-state index contributed by atoms with van der Waals surface area (Å²) in [6.45, 7) is 0.352. The number of ether oxygens (including phenoxy) is 2. The highest BCUT2D eigenvalue weighted by molar-refractivity contribution is 6.30. The highest BCUT2D eigenvalue weighted by atomic mass is 35.5. The van der Waals surface area contributed by atoms with Crippen LogP contribution in [0, 0.1) is 5.92 Å². The number of carbonyl (C=O) groups is 1. The van der Waals surface area contributed by atoms with Gasteiger partial charge in [0.1, 0.15) is 30.3 Å². The third-order valence-electron chi connectivity index (χ3n) is 5.00. The molecule has 0 saturated heterocycles. The molecule has 2 aliphatic heterocycles. The number of nitrogens with one attached hydrogen (secondary N) is 1. The molecular weight excluding hydrogens is 354 g/mol. The van der Waals surface area contributed by atoms with Crippen LogP contribution in [0.15, 0.2) is 42.5 Å². The Kier molecular flexibility index (Phi) is 4.51. The molecule has 1 amide bonds. The molecule has 0 aromatic heterocycles. The van der Waals surface area contributed by atoms with Gasteiger partial charge in [-0.05, 0) is 41.8 Å². The topological polar surface area (TPSA) is 67.8 Å². The molecule has 0 radical (unpaired) electrons. The molecule has 2 aromatic rings. The molecule has 0 fully saturated rings. The fourth-order valence-electron chi connectivity index (χ4n) is 3.54. The van der Waals surface area contributed by atoms with Crippen LogP contribution in [-0.4, -0.2) is 36.4 Å². The largest absolute Gasteiger partial charge is 0.492 e. The van der Waals surface area contributed by atoms with Crippen molar-refractivity contribution in [2.45, 2.75) is 18.4 Å². The van der Waals surface area contributed by atoms with E-state index in [1.807, 2.05) is 36.4 Å². The lowest BCUT2D eigenvalue weighted by molar-refractivity contribution is -0.129. The lowest BCUT2D eigenvalue weighted by atomic mass is 9.88. The van der Waals surface area contributed by atoms with Gasteiger partial charge in [0.2, 0.25) is 5.91 Å². The van der Waals surface area contributed by atoms with Gasteiger partial charge in [0.15, 0.2) is 0 Å². The highest BCUT2D eigenvalue weighted by Crippen LogP contribution is 2.32. The van der Waals surface area contributed by atoms with Crippen molar-refractivity contribution >= 4 is 17.5 Å². The number of amides is 1. The van der Waals surface area contributed by atoms with Crippen LogP contribution in [0.4, 0.5) is 0 Å². The summed E-state index contributed by atoms with van der Waals surface area (Å²) in [5, 5.41) is 13.6. The second-order valence-corrected chi connectivity index (χ2v) is 7.40. The van der Waals surface area contributed by atoms with E-state index in [1.165, 1.54) is 0 Å². The fourth-order valence-corrected chi connectivity index (χ4v) is 3.73. The first-order valence-electron chi connectivity index (χ1n) is 8.63. The van der Waals surface area contributed by atoms with Gasteiger partial charge in [0.05, 0.1) is 12.5 Å². The maximum atomic E-state index is 12.8. The lowest BCUT2D eigenvalue weighted by Crippen LogP contribution is -2.60. The predicted molar refractivity (Wildman–Crippen MR) is 97.7 cm³/mol. The lowest BCUT2D eigenvalue weighted by Gasteiger charge is -2.38. The summed E-state index contributed by atoms with van der Waals surface area (Å²) in [5.74, 6) is 1.09. The van der Waals surface area contributed by atoms with Gasteiger partial charge in [-0.25, -0.2) is 0 Å². The zero-order valence-electron chi connectivity index (χ0n) is 14.2. The Hall–Kier alpha value is -2.24. The molecule has 2 unspecified atom stereocenters. The molecule has 4 rings (SSSR count). The maximum Gasteiger partial charge on any atom is 0.227 e. The van der Waals surface area contributed by atoms with Crippen molar-refractivity contribution in [1.82, 2.24) is 5.32 Å². The van der Waals surface area contributed by atoms with Gasteiger partial charge in [-0.15, -0.1) is 0 Å². The van der Waals surface area contributed by atoms with Gasteiger partial charge in [0.25, 0.3) is 0 Å². The van der Waals surface area contributed by atoms with E-state index in [2.05, 4.69) is 5.32 Å². The second kappa shape index (κ2) is 6.82. The van der Waals surface area contributed by atoms with Gasteiger partial charge in [0, 0.05) is 11.4 Å². The Bertz CT molecular complexity index is 840. The minimum absolute atomic E-state index is 0.146. The molecule has 136 valence electrons. The first-order chi connectivity index (χ1) is 12.6. The Morgan fingerprint density at radius 1 is 1.19 bits per heavy atom. The molecule has 0 bridgehead atoms. The third-order valence-corrected chi connectivity index (χ3v) is 5.23. The standard InChI is InChI=1S/C20H20ClNO4/c21-16-5-6-18-14(8-16)7-15(10-25-18)19(24)22-20(11-23)9-13-3-1-2-4-17(13)26-12-20/h1-6,8,15,23H,7,9-12H2,(H,22,24). The molecule has 2 heterocycles. The number of carbonyl (C=O) groups excluding carboxylic acids is 1. The van der Waals surface area contributed by atoms with E-state index in [-0.39, 0.29) is 25.0 Å². The second-order valence-electron chi connectivity index (χ2n) is 6.96. The number of fused-ring (bicyclic) bond motifs is 2. The molecule has 5 nitrogen and oxygen atoms in total. The Morgan fingerprint density at radius 3 is 2.85 bits per heavy atom.